The lowest BCUT2D eigenvalue weighted by atomic mass is 10.2. The van der Waals surface area contributed by atoms with Gasteiger partial charge in [0.15, 0.2) is 6.10 Å². The molecule has 0 fully saturated rings. The average molecular weight is 411 g/mol. The third kappa shape index (κ3) is 4.28. The van der Waals surface area contributed by atoms with Gasteiger partial charge in [-0.15, -0.1) is 0 Å². The van der Waals surface area contributed by atoms with E-state index >= 15 is 0 Å². The first-order valence-electron chi connectivity index (χ1n) is 8.17. The van der Waals surface area contributed by atoms with Crippen LogP contribution in [0.3, 0.4) is 0 Å². The maximum absolute atomic E-state index is 12.7. The van der Waals surface area contributed by atoms with Crippen LogP contribution in [0.4, 0.5) is 11.4 Å². The van der Waals surface area contributed by atoms with Gasteiger partial charge in [-0.05, 0) is 30.3 Å². The van der Waals surface area contributed by atoms with Gasteiger partial charge in [-0.1, -0.05) is 23.7 Å². The fraction of sp³-hybridized carbons (Fsp3) is 0.278. The smallest absolute Gasteiger partial charge is 0.265 e. The van der Waals surface area contributed by atoms with Gasteiger partial charge in [-0.2, -0.15) is 0 Å². The summed E-state index contributed by atoms with van der Waals surface area (Å²) in [4.78, 5) is 12.7. The lowest BCUT2D eigenvalue weighted by Gasteiger charge is -2.20. The Hall–Kier alpha value is -2.45. The number of sulfonamides is 1. The van der Waals surface area contributed by atoms with Gasteiger partial charge in [0.25, 0.3) is 5.91 Å². The minimum Gasteiger partial charge on any atom is -0.495 e. The molecule has 0 aliphatic carbocycles. The summed E-state index contributed by atoms with van der Waals surface area (Å²) in [5.41, 5.74) is 0.912. The molecule has 0 aromatic heterocycles. The maximum atomic E-state index is 12.7. The van der Waals surface area contributed by atoms with Crippen molar-refractivity contribution in [3.63, 3.8) is 0 Å². The van der Waals surface area contributed by atoms with Crippen LogP contribution in [-0.2, 0) is 14.8 Å². The first-order chi connectivity index (χ1) is 12.8. The third-order valence-corrected chi connectivity index (χ3v) is 5.58. The molecule has 27 heavy (non-hydrogen) atoms. The molecule has 7 nitrogen and oxygen atoms in total. The van der Waals surface area contributed by atoms with Gasteiger partial charge in [-0.25, -0.2) is 8.42 Å². The molecule has 2 aromatic rings. The van der Waals surface area contributed by atoms with Crippen LogP contribution in [0, 0.1) is 0 Å². The summed E-state index contributed by atoms with van der Waals surface area (Å²) in [6.45, 7) is 0.136. The molecule has 0 saturated heterocycles. The Labute approximate surface area is 162 Å². The van der Waals surface area contributed by atoms with Crippen LogP contribution in [0.15, 0.2) is 42.5 Å². The lowest BCUT2D eigenvalue weighted by molar-refractivity contribution is -0.122. The van der Waals surface area contributed by atoms with Crippen LogP contribution in [0.5, 0.6) is 11.5 Å². The molecular weight excluding hydrogens is 392 g/mol. The van der Waals surface area contributed by atoms with E-state index in [1.54, 1.807) is 42.5 Å². The van der Waals surface area contributed by atoms with E-state index in [0.717, 1.165) is 6.26 Å². The summed E-state index contributed by atoms with van der Waals surface area (Å²) in [7, 11) is -1.99. The number of halogens is 1. The number of benzene rings is 2. The van der Waals surface area contributed by atoms with Crippen LogP contribution in [0.2, 0.25) is 5.02 Å². The van der Waals surface area contributed by atoms with Crippen molar-refractivity contribution < 1.29 is 22.7 Å². The topological polar surface area (TPSA) is 84.9 Å². The van der Waals surface area contributed by atoms with Gasteiger partial charge >= 0.3 is 0 Å². The van der Waals surface area contributed by atoms with Crippen molar-refractivity contribution in [3.05, 3.63) is 47.5 Å². The summed E-state index contributed by atoms with van der Waals surface area (Å²) in [6, 6.07) is 11.6. The Balaban J connectivity index is 1.82. The SMILES string of the molecule is COc1ccc(NC(=O)[C@@H]2CCN(S(C)(=O)=O)c3ccccc3O2)cc1Cl. The number of rotatable bonds is 4. The summed E-state index contributed by atoms with van der Waals surface area (Å²) < 4.78 is 36.4. The Morgan fingerprint density at radius 2 is 2.04 bits per heavy atom. The van der Waals surface area contributed by atoms with E-state index < -0.39 is 16.1 Å². The van der Waals surface area contributed by atoms with Gasteiger partial charge < -0.3 is 14.8 Å². The molecule has 0 unspecified atom stereocenters. The third-order valence-electron chi connectivity index (χ3n) is 4.11. The number of amides is 1. The van der Waals surface area contributed by atoms with Crippen LogP contribution in [-0.4, -0.2) is 40.3 Å². The Morgan fingerprint density at radius 3 is 2.70 bits per heavy atom. The van der Waals surface area contributed by atoms with Gasteiger partial charge in [0.2, 0.25) is 10.0 Å². The molecule has 0 saturated carbocycles. The molecular formula is C18H19ClN2O5S. The van der Waals surface area contributed by atoms with E-state index in [1.165, 1.54) is 11.4 Å². The fourth-order valence-corrected chi connectivity index (χ4v) is 4.03. The van der Waals surface area contributed by atoms with E-state index in [2.05, 4.69) is 5.32 Å². The molecule has 1 amide bonds. The molecule has 3 rings (SSSR count). The van der Waals surface area contributed by atoms with Crippen molar-refractivity contribution in [3.8, 4) is 11.5 Å². The van der Waals surface area contributed by atoms with Gasteiger partial charge in [0.05, 0.1) is 24.1 Å². The predicted octanol–water partition coefficient (Wildman–Crippen LogP) is 2.90. The van der Waals surface area contributed by atoms with E-state index in [1.807, 2.05) is 0 Å². The largest absolute Gasteiger partial charge is 0.495 e. The monoisotopic (exact) mass is 410 g/mol. The average Bonchev–Trinajstić information content (AvgIpc) is 2.81. The Bertz CT molecular complexity index is 964. The molecule has 2 aromatic carbocycles. The van der Waals surface area contributed by atoms with Gasteiger partial charge in [0.1, 0.15) is 11.5 Å². The van der Waals surface area contributed by atoms with Crippen LogP contribution < -0.4 is 19.1 Å². The molecule has 0 radical (unpaired) electrons. The van der Waals surface area contributed by atoms with Crippen LogP contribution >= 0.6 is 11.6 Å². The quantitative estimate of drug-likeness (QED) is 0.837. The van der Waals surface area contributed by atoms with Crippen molar-refractivity contribution in [1.82, 2.24) is 0 Å². The molecule has 144 valence electrons. The number of ether oxygens (including phenoxy) is 2. The standard InChI is InChI=1S/C18H19ClN2O5S/c1-25-15-8-7-12(11-13(15)19)20-18(22)17-9-10-21(27(2,23)24)14-5-3-4-6-16(14)26-17/h3-8,11,17H,9-10H2,1-2H3,(H,20,22)/t17-/m0/s1. The Kier molecular flexibility index (Phi) is 5.48. The normalized spacial score (nSPS) is 16.7. The van der Waals surface area contributed by atoms with E-state index in [-0.39, 0.29) is 18.9 Å². The summed E-state index contributed by atoms with van der Waals surface area (Å²) in [6.07, 6.45) is 0.486. The number of nitrogens with zero attached hydrogens (tertiary/aromatic N) is 1. The number of para-hydroxylation sites is 2. The molecule has 1 heterocycles. The number of methoxy groups -OCH3 is 1. The second-order valence-electron chi connectivity index (χ2n) is 6.04. The first kappa shape index (κ1) is 19.3. The number of carbonyl (C=O) groups excluding carboxylic acids is 1. The van der Waals surface area contributed by atoms with E-state index in [9.17, 15) is 13.2 Å². The minimum atomic E-state index is -3.49. The zero-order valence-corrected chi connectivity index (χ0v) is 16.4. The Morgan fingerprint density at radius 1 is 1.30 bits per heavy atom. The first-order valence-corrected chi connectivity index (χ1v) is 10.4. The zero-order chi connectivity index (χ0) is 19.6. The fourth-order valence-electron chi connectivity index (χ4n) is 2.83. The van der Waals surface area contributed by atoms with Crippen LogP contribution in [0.1, 0.15) is 6.42 Å². The van der Waals surface area contributed by atoms with Crippen molar-refractivity contribution in [1.29, 1.82) is 0 Å². The summed E-state index contributed by atoms with van der Waals surface area (Å²) >= 11 is 6.08. The summed E-state index contributed by atoms with van der Waals surface area (Å²) in [5.74, 6) is 0.452. The van der Waals surface area contributed by atoms with Crippen LogP contribution in [0.25, 0.3) is 0 Å². The molecule has 0 spiro atoms. The van der Waals surface area contributed by atoms with E-state index in [0.29, 0.717) is 27.9 Å². The van der Waals surface area contributed by atoms with E-state index in [4.69, 9.17) is 21.1 Å². The number of fused-ring (bicyclic) bond motifs is 1. The number of nitrogens with one attached hydrogen (secondary N) is 1. The van der Waals surface area contributed by atoms with Crippen molar-refractivity contribution >= 4 is 38.9 Å². The van der Waals surface area contributed by atoms with Crippen molar-refractivity contribution in [2.75, 3.05) is 29.5 Å². The number of carbonyl (C=O) groups is 1. The predicted molar refractivity (Wildman–Crippen MR) is 104 cm³/mol. The number of hydrogen-bond donors (Lipinski definition) is 1. The van der Waals surface area contributed by atoms with Crippen molar-refractivity contribution in [2.45, 2.75) is 12.5 Å². The second kappa shape index (κ2) is 7.66. The number of anilines is 2. The minimum absolute atomic E-state index is 0.136. The second-order valence-corrected chi connectivity index (χ2v) is 8.35. The molecule has 1 N–H and O–H groups in total. The molecule has 0 bridgehead atoms. The summed E-state index contributed by atoms with van der Waals surface area (Å²) in [5, 5.41) is 3.11. The highest BCUT2D eigenvalue weighted by atomic mass is 35.5. The molecule has 9 heteroatoms. The zero-order valence-electron chi connectivity index (χ0n) is 14.8. The highest BCUT2D eigenvalue weighted by Gasteiger charge is 2.31. The molecule has 1 aliphatic heterocycles. The number of hydrogen-bond acceptors (Lipinski definition) is 5. The highest BCUT2D eigenvalue weighted by molar-refractivity contribution is 7.92. The van der Waals surface area contributed by atoms with Gasteiger partial charge in [-0.3, -0.25) is 9.10 Å². The van der Waals surface area contributed by atoms with Gasteiger partial charge in [0, 0.05) is 18.7 Å². The maximum Gasteiger partial charge on any atom is 0.265 e. The molecule has 1 atom stereocenters. The molecule has 1 aliphatic rings. The highest BCUT2D eigenvalue weighted by Crippen LogP contribution is 2.34. The van der Waals surface area contributed by atoms with Crippen molar-refractivity contribution in [2.24, 2.45) is 0 Å². The lowest BCUT2D eigenvalue weighted by Crippen LogP contribution is -2.35.